The molecule has 1 rings (SSSR count). The highest BCUT2D eigenvalue weighted by Crippen LogP contribution is 2.23. The second-order valence-electron chi connectivity index (χ2n) is 6.80. The molecule has 0 aliphatic rings. The maximum Gasteiger partial charge on any atom is 0.335 e. The van der Waals surface area contributed by atoms with E-state index in [1.807, 2.05) is 27.7 Å². The van der Waals surface area contributed by atoms with Gasteiger partial charge in [0.15, 0.2) is 0 Å². The van der Waals surface area contributed by atoms with Gasteiger partial charge < -0.3 is 15.2 Å². The molecule has 3 N–H and O–H groups in total. The predicted molar refractivity (Wildman–Crippen MR) is 102 cm³/mol. The lowest BCUT2D eigenvalue weighted by Gasteiger charge is -2.15. The van der Waals surface area contributed by atoms with Crippen molar-refractivity contribution in [3.63, 3.8) is 0 Å². The highest BCUT2D eigenvalue weighted by atomic mass is 32.2. The van der Waals surface area contributed by atoms with Crippen molar-refractivity contribution < 1.29 is 23.1 Å². The summed E-state index contributed by atoms with van der Waals surface area (Å²) in [5, 5.41) is 12.2. The number of anilines is 1. The lowest BCUT2D eigenvalue weighted by atomic mass is 10.1. The van der Waals surface area contributed by atoms with Crippen LogP contribution in [0, 0.1) is 5.92 Å². The quantitative estimate of drug-likeness (QED) is 0.477. The Morgan fingerprint density at radius 1 is 1.19 bits per heavy atom. The number of carboxylic acids is 1. The van der Waals surface area contributed by atoms with Gasteiger partial charge in [0.1, 0.15) is 4.90 Å². The zero-order valence-corrected chi connectivity index (χ0v) is 16.7. The molecule has 0 spiro atoms. The van der Waals surface area contributed by atoms with Gasteiger partial charge in [-0.05, 0) is 50.8 Å². The van der Waals surface area contributed by atoms with Crippen molar-refractivity contribution in [1.82, 2.24) is 4.72 Å². The Morgan fingerprint density at radius 3 is 2.46 bits per heavy atom. The summed E-state index contributed by atoms with van der Waals surface area (Å²) in [6.07, 6.45) is 1.55. The van der Waals surface area contributed by atoms with Crippen LogP contribution in [-0.2, 0) is 14.8 Å². The molecule has 7 nitrogen and oxygen atoms in total. The number of ether oxygens (including phenoxy) is 1. The fraction of sp³-hybridized carbons (Fsp3) is 0.611. The number of rotatable bonds is 12. The Labute approximate surface area is 156 Å². The summed E-state index contributed by atoms with van der Waals surface area (Å²) in [4.78, 5) is 11.2. The van der Waals surface area contributed by atoms with Crippen LogP contribution in [0.15, 0.2) is 23.1 Å². The van der Waals surface area contributed by atoms with Gasteiger partial charge in [-0.15, -0.1) is 0 Å². The zero-order chi connectivity index (χ0) is 19.7. The van der Waals surface area contributed by atoms with E-state index >= 15 is 0 Å². The maximum absolute atomic E-state index is 12.6. The van der Waals surface area contributed by atoms with Crippen LogP contribution in [0.5, 0.6) is 0 Å². The molecular weight excluding hydrogens is 356 g/mol. The van der Waals surface area contributed by atoms with Crippen LogP contribution in [0.4, 0.5) is 5.69 Å². The fourth-order valence-electron chi connectivity index (χ4n) is 2.20. The van der Waals surface area contributed by atoms with Crippen molar-refractivity contribution in [3.05, 3.63) is 23.8 Å². The summed E-state index contributed by atoms with van der Waals surface area (Å²) in [6.45, 7) is 9.30. The second-order valence-corrected chi connectivity index (χ2v) is 8.53. The second kappa shape index (κ2) is 10.5. The Bertz CT molecular complexity index is 687. The van der Waals surface area contributed by atoms with Crippen LogP contribution >= 0.6 is 0 Å². The van der Waals surface area contributed by atoms with Gasteiger partial charge in [0.05, 0.1) is 17.4 Å². The van der Waals surface area contributed by atoms with Crippen LogP contribution in [0.25, 0.3) is 0 Å². The van der Waals surface area contributed by atoms with Crippen LogP contribution in [0.3, 0.4) is 0 Å². The minimum absolute atomic E-state index is 0.0501. The minimum Gasteiger partial charge on any atom is -0.478 e. The standard InChI is InChI=1S/C18H30N2O5S/c1-13(2)8-10-20-26(23,24)17-12-15(18(21)22)6-7-16(17)19-9-5-11-25-14(3)4/h6-7,12-14,19-20H,5,8-11H2,1-4H3,(H,21,22). The first-order valence-electron chi connectivity index (χ1n) is 8.86. The smallest absolute Gasteiger partial charge is 0.335 e. The average Bonchev–Trinajstić information content (AvgIpc) is 2.53. The Kier molecular flexibility index (Phi) is 9.04. The molecule has 0 aromatic heterocycles. The van der Waals surface area contributed by atoms with Gasteiger partial charge in [0, 0.05) is 19.7 Å². The van der Waals surface area contributed by atoms with E-state index in [1.54, 1.807) is 0 Å². The monoisotopic (exact) mass is 386 g/mol. The van der Waals surface area contributed by atoms with Crippen molar-refractivity contribution in [2.75, 3.05) is 25.0 Å². The van der Waals surface area contributed by atoms with Crippen molar-refractivity contribution in [3.8, 4) is 0 Å². The minimum atomic E-state index is -3.81. The first-order chi connectivity index (χ1) is 12.1. The molecule has 0 saturated carbocycles. The first kappa shape index (κ1) is 22.4. The summed E-state index contributed by atoms with van der Waals surface area (Å²) in [5.74, 6) is -0.804. The SMILES string of the molecule is CC(C)CCNS(=O)(=O)c1cc(C(=O)O)ccc1NCCCOC(C)C. The number of carbonyl (C=O) groups is 1. The summed E-state index contributed by atoms with van der Waals surface area (Å²) in [6, 6.07) is 4.07. The molecule has 0 radical (unpaired) electrons. The molecule has 0 bridgehead atoms. The predicted octanol–water partition coefficient (Wildman–Crippen LogP) is 2.94. The number of hydrogen-bond acceptors (Lipinski definition) is 5. The summed E-state index contributed by atoms with van der Waals surface area (Å²) >= 11 is 0. The topological polar surface area (TPSA) is 105 Å². The van der Waals surface area contributed by atoms with E-state index in [0.717, 1.165) is 0 Å². The van der Waals surface area contributed by atoms with Gasteiger partial charge in [0.25, 0.3) is 0 Å². The van der Waals surface area contributed by atoms with E-state index in [2.05, 4.69) is 10.0 Å². The van der Waals surface area contributed by atoms with Crippen molar-refractivity contribution in [2.45, 2.75) is 51.5 Å². The fourth-order valence-corrected chi connectivity index (χ4v) is 3.45. The molecule has 0 saturated heterocycles. The maximum atomic E-state index is 12.6. The highest BCUT2D eigenvalue weighted by molar-refractivity contribution is 7.89. The van der Waals surface area contributed by atoms with Gasteiger partial charge in [0.2, 0.25) is 10.0 Å². The third-order valence-corrected chi connectivity index (χ3v) is 5.12. The number of sulfonamides is 1. The van der Waals surface area contributed by atoms with Crippen LogP contribution in [0.1, 0.15) is 50.9 Å². The van der Waals surface area contributed by atoms with Crippen LogP contribution in [-0.4, -0.2) is 45.3 Å². The molecule has 8 heteroatoms. The number of carboxylic acid groups (broad SMARTS) is 1. The largest absolute Gasteiger partial charge is 0.478 e. The van der Waals surface area contributed by atoms with Gasteiger partial charge >= 0.3 is 5.97 Å². The van der Waals surface area contributed by atoms with E-state index in [1.165, 1.54) is 18.2 Å². The number of benzene rings is 1. The average molecular weight is 387 g/mol. The molecule has 0 unspecified atom stereocenters. The molecule has 0 atom stereocenters. The molecular formula is C18H30N2O5S. The van der Waals surface area contributed by atoms with E-state index in [4.69, 9.17) is 9.84 Å². The zero-order valence-electron chi connectivity index (χ0n) is 15.9. The van der Waals surface area contributed by atoms with Crippen LogP contribution in [0.2, 0.25) is 0 Å². The molecule has 0 heterocycles. The molecule has 0 amide bonds. The van der Waals surface area contributed by atoms with E-state index < -0.39 is 16.0 Å². The molecule has 0 fully saturated rings. The van der Waals surface area contributed by atoms with E-state index in [9.17, 15) is 13.2 Å². The molecule has 26 heavy (non-hydrogen) atoms. The van der Waals surface area contributed by atoms with Crippen molar-refractivity contribution >= 4 is 21.7 Å². The summed E-state index contributed by atoms with van der Waals surface area (Å²) < 4.78 is 33.2. The van der Waals surface area contributed by atoms with Gasteiger partial charge in [-0.25, -0.2) is 17.9 Å². The Hall–Kier alpha value is -1.64. The van der Waals surface area contributed by atoms with Gasteiger partial charge in [-0.1, -0.05) is 13.8 Å². The van der Waals surface area contributed by atoms with E-state index in [0.29, 0.717) is 44.1 Å². The number of nitrogens with one attached hydrogen (secondary N) is 2. The van der Waals surface area contributed by atoms with Crippen LogP contribution < -0.4 is 10.0 Å². The van der Waals surface area contributed by atoms with Gasteiger partial charge in [-0.3, -0.25) is 0 Å². The highest BCUT2D eigenvalue weighted by Gasteiger charge is 2.20. The number of hydrogen-bond donors (Lipinski definition) is 3. The van der Waals surface area contributed by atoms with E-state index in [-0.39, 0.29) is 16.6 Å². The third-order valence-electron chi connectivity index (χ3n) is 3.62. The molecule has 148 valence electrons. The Morgan fingerprint density at radius 2 is 1.88 bits per heavy atom. The lowest BCUT2D eigenvalue weighted by Crippen LogP contribution is -2.27. The van der Waals surface area contributed by atoms with Crippen molar-refractivity contribution in [2.24, 2.45) is 5.92 Å². The first-order valence-corrected chi connectivity index (χ1v) is 10.3. The molecule has 0 aliphatic heterocycles. The Balaban J connectivity index is 2.90. The molecule has 0 aliphatic carbocycles. The lowest BCUT2D eigenvalue weighted by molar-refractivity contribution is 0.0696. The molecule has 1 aromatic rings. The molecule has 1 aromatic carbocycles. The third kappa shape index (κ3) is 7.72. The summed E-state index contributed by atoms with van der Waals surface area (Å²) in [7, 11) is -3.81. The summed E-state index contributed by atoms with van der Waals surface area (Å²) in [5.41, 5.74) is 0.319. The normalized spacial score (nSPS) is 11.9. The van der Waals surface area contributed by atoms with Gasteiger partial charge in [-0.2, -0.15) is 0 Å². The number of aromatic carboxylic acids is 1. The van der Waals surface area contributed by atoms with Crippen molar-refractivity contribution in [1.29, 1.82) is 0 Å².